The normalized spacial score (nSPS) is 25.8. The monoisotopic (exact) mass is 285 g/mol. The molecule has 2 atom stereocenters. The molecular formula is C11H16BrN3O. The SMILES string of the molecule is CC1CC(C)CN(c2cn[nH]c(=O)c2Br)C1. The quantitative estimate of drug-likeness (QED) is 0.859. The number of nitrogens with one attached hydrogen (secondary N) is 1. The molecular weight excluding hydrogens is 270 g/mol. The third-order valence-electron chi connectivity index (χ3n) is 2.99. The molecule has 0 aliphatic carbocycles. The van der Waals surface area contributed by atoms with Gasteiger partial charge < -0.3 is 4.90 Å². The number of rotatable bonds is 1. The lowest BCUT2D eigenvalue weighted by molar-refractivity contribution is 0.356. The predicted molar refractivity (Wildman–Crippen MR) is 67.7 cm³/mol. The zero-order valence-corrected chi connectivity index (χ0v) is 11.1. The first-order chi connectivity index (χ1) is 7.58. The van der Waals surface area contributed by atoms with Crippen molar-refractivity contribution >= 4 is 21.6 Å². The molecule has 1 saturated heterocycles. The summed E-state index contributed by atoms with van der Waals surface area (Å²) in [6, 6.07) is 0. The third-order valence-corrected chi connectivity index (χ3v) is 3.75. The molecule has 1 aromatic heterocycles. The topological polar surface area (TPSA) is 49.0 Å². The summed E-state index contributed by atoms with van der Waals surface area (Å²) in [6.45, 7) is 6.48. The molecule has 88 valence electrons. The predicted octanol–water partition coefficient (Wildman–Crippen LogP) is 2.01. The second kappa shape index (κ2) is 4.57. The van der Waals surface area contributed by atoms with Crippen molar-refractivity contribution in [2.45, 2.75) is 20.3 Å². The molecule has 0 radical (unpaired) electrons. The van der Waals surface area contributed by atoms with Crippen LogP contribution in [0.1, 0.15) is 20.3 Å². The van der Waals surface area contributed by atoms with E-state index in [1.165, 1.54) is 6.42 Å². The van der Waals surface area contributed by atoms with E-state index in [1.807, 2.05) is 0 Å². The number of aromatic amines is 1. The minimum atomic E-state index is -0.164. The van der Waals surface area contributed by atoms with Crippen LogP contribution in [0, 0.1) is 11.8 Å². The summed E-state index contributed by atoms with van der Waals surface area (Å²) in [5, 5.41) is 6.28. The van der Waals surface area contributed by atoms with Crippen LogP contribution in [0.5, 0.6) is 0 Å². The number of nitrogens with zero attached hydrogens (tertiary/aromatic N) is 2. The van der Waals surface area contributed by atoms with Crippen molar-refractivity contribution in [3.8, 4) is 0 Å². The lowest BCUT2D eigenvalue weighted by Crippen LogP contribution is -2.39. The van der Waals surface area contributed by atoms with Gasteiger partial charge in [0, 0.05) is 13.1 Å². The highest BCUT2D eigenvalue weighted by molar-refractivity contribution is 9.10. The summed E-state index contributed by atoms with van der Waals surface area (Å²) in [7, 11) is 0. The Morgan fingerprint density at radius 1 is 1.44 bits per heavy atom. The van der Waals surface area contributed by atoms with Crippen LogP contribution >= 0.6 is 15.9 Å². The molecule has 2 unspecified atom stereocenters. The molecule has 1 aliphatic heterocycles. The van der Waals surface area contributed by atoms with Gasteiger partial charge in [0.2, 0.25) is 0 Å². The first kappa shape index (κ1) is 11.6. The minimum Gasteiger partial charge on any atom is -0.369 e. The Morgan fingerprint density at radius 2 is 2.06 bits per heavy atom. The number of piperidine rings is 1. The summed E-state index contributed by atoms with van der Waals surface area (Å²) in [4.78, 5) is 13.7. The van der Waals surface area contributed by atoms with E-state index >= 15 is 0 Å². The highest BCUT2D eigenvalue weighted by Gasteiger charge is 2.24. The van der Waals surface area contributed by atoms with Gasteiger partial charge in [0.15, 0.2) is 0 Å². The number of anilines is 1. The molecule has 0 aromatic carbocycles. The molecule has 1 aliphatic rings. The average Bonchev–Trinajstić information content (AvgIpc) is 2.20. The maximum absolute atomic E-state index is 11.5. The summed E-state index contributed by atoms with van der Waals surface area (Å²) >= 11 is 3.33. The second-order valence-electron chi connectivity index (χ2n) is 4.75. The van der Waals surface area contributed by atoms with Gasteiger partial charge in [0.25, 0.3) is 5.56 Å². The van der Waals surface area contributed by atoms with Gasteiger partial charge in [-0.15, -0.1) is 0 Å². The number of halogens is 1. The molecule has 1 N–H and O–H groups in total. The Labute approximate surface area is 103 Å². The highest BCUT2D eigenvalue weighted by Crippen LogP contribution is 2.28. The standard InChI is InChI=1S/C11H16BrN3O/c1-7-3-8(2)6-15(5-7)9-4-13-14-11(16)10(9)12/h4,7-8H,3,5-6H2,1-2H3,(H,14,16). The molecule has 16 heavy (non-hydrogen) atoms. The molecule has 1 fully saturated rings. The Bertz CT molecular complexity index is 421. The molecule has 0 saturated carbocycles. The number of aromatic nitrogens is 2. The van der Waals surface area contributed by atoms with Crippen molar-refractivity contribution in [2.75, 3.05) is 18.0 Å². The fraction of sp³-hybridized carbons (Fsp3) is 0.636. The third kappa shape index (κ3) is 2.29. The Kier molecular flexibility index (Phi) is 3.33. The number of hydrogen-bond acceptors (Lipinski definition) is 3. The Hall–Kier alpha value is -0.840. The summed E-state index contributed by atoms with van der Waals surface area (Å²) in [6.07, 6.45) is 2.97. The van der Waals surface area contributed by atoms with E-state index in [1.54, 1.807) is 6.20 Å². The highest BCUT2D eigenvalue weighted by atomic mass is 79.9. The molecule has 5 heteroatoms. The number of hydrogen-bond donors (Lipinski definition) is 1. The van der Waals surface area contributed by atoms with Gasteiger partial charge in [-0.3, -0.25) is 4.79 Å². The van der Waals surface area contributed by atoms with Crippen LogP contribution in [0.25, 0.3) is 0 Å². The Morgan fingerprint density at radius 3 is 2.69 bits per heavy atom. The van der Waals surface area contributed by atoms with E-state index in [0.29, 0.717) is 16.3 Å². The van der Waals surface area contributed by atoms with Gasteiger partial charge in [-0.2, -0.15) is 5.10 Å². The van der Waals surface area contributed by atoms with Crippen LogP contribution in [0.2, 0.25) is 0 Å². The van der Waals surface area contributed by atoms with Crippen LogP contribution < -0.4 is 10.5 Å². The van der Waals surface area contributed by atoms with Crippen LogP contribution in [-0.2, 0) is 0 Å². The summed E-state index contributed by atoms with van der Waals surface area (Å²) in [5.74, 6) is 1.32. The zero-order chi connectivity index (χ0) is 11.7. The van der Waals surface area contributed by atoms with Gasteiger partial charge in [-0.1, -0.05) is 13.8 Å². The van der Waals surface area contributed by atoms with Crippen molar-refractivity contribution < 1.29 is 0 Å². The van der Waals surface area contributed by atoms with Gasteiger partial charge >= 0.3 is 0 Å². The fourth-order valence-electron chi connectivity index (χ4n) is 2.45. The van der Waals surface area contributed by atoms with Crippen molar-refractivity contribution in [3.63, 3.8) is 0 Å². The lowest BCUT2D eigenvalue weighted by atomic mass is 9.92. The van der Waals surface area contributed by atoms with Crippen LogP contribution in [0.4, 0.5) is 5.69 Å². The largest absolute Gasteiger partial charge is 0.369 e. The van der Waals surface area contributed by atoms with E-state index in [0.717, 1.165) is 18.8 Å². The van der Waals surface area contributed by atoms with Crippen LogP contribution in [0.15, 0.2) is 15.5 Å². The fourth-order valence-corrected chi connectivity index (χ4v) is 2.90. The van der Waals surface area contributed by atoms with Gasteiger partial charge in [-0.25, -0.2) is 5.10 Å². The zero-order valence-electron chi connectivity index (χ0n) is 9.53. The smallest absolute Gasteiger partial charge is 0.280 e. The summed E-state index contributed by atoms with van der Waals surface area (Å²) < 4.78 is 0.587. The van der Waals surface area contributed by atoms with E-state index in [2.05, 4.69) is 44.9 Å². The van der Waals surface area contributed by atoms with Crippen molar-refractivity contribution in [3.05, 3.63) is 21.0 Å². The van der Waals surface area contributed by atoms with Crippen molar-refractivity contribution in [1.82, 2.24) is 10.2 Å². The molecule has 2 heterocycles. The van der Waals surface area contributed by atoms with E-state index in [4.69, 9.17) is 0 Å². The van der Waals surface area contributed by atoms with E-state index < -0.39 is 0 Å². The second-order valence-corrected chi connectivity index (χ2v) is 5.54. The van der Waals surface area contributed by atoms with Crippen molar-refractivity contribution in [2.24, 2.45) is 11.8 Å². The summed E-state index contributed by atoms with van der Waals surface area (Å²) in [5.41, 5.74) is 0.741. The number of H-pyrrole nitrogens is 1. The molecule has 0 bridgehead atoms. The van der Waals surface area contributed by atoms with E-state index in [9.17, 15) is 4.79 Å². The first-order valence-electron chi connectivity index (χ1n) is 5.56. The van der Waals surface area contributed by atoms with Gasteiger partial charge in [0.1, 0.15) is 4.47 Å². The van der Waals surface area contributed by atoms with Gasteiger partial charge in [0.05, 0.1) is 11.9 Å². The molecule has 0 amide bonds. The van der Waals surface area contributed by atoms with Gasteiger partial charge in [-0.05, 0) is 34.2 Å². The molecule has 1 aromatic rings. The van der Waals surface area contributed by atoms with Crippen LogP contribution in [0.3, 0.4) is 0 Å². The van der Waals surface area contributed by atoms with Crippen LogP contribution in [-0.4, -0.2) is 23.3 Å². The first-order valence-corrected chi connectivity index (χ1v) is 6.35. The molecule has 4 nitrogen and oxygen atoms in total. The minimum absolute atomic E-state index is 0.164. The average molecular weight is 286 g/mol. The van der Waals surface area contributed by atoms with E-state index in [-0.39, 0.29) is 5.56 Å². The lowest BCUT2D eigenvalue weighted by Gasteiger charge is -2.36. The molecule has 0 spiro atoms. The maximum Gasteiger partial charge on any atom is 0.280 e. The Balaban J connectivity index is 2.30. The molecule has 2 rings (SSSR count). The van der Waals surface area contributed by atoms with Crippen molar-refractivity contribution in [1.29, 1.82) is 0 Å². The maximum atomic E-state index is 11.5.